The van der Waals surface area contributed by atoms with E-state index < -0.39 is 0 Å². The second-order valence-corrected chi connectivity index (χ2v) is 4.58. The number of methoxy groups -OCH3 is 1. The number of hydrogen-bond donors (Lipinski definition) is 0. The average Bonchev–Trinajstić information content (AvgIpc) is 1.84. The van der Waals surface area contributed by atoms with Crippen LogP contribution in [0.4, 0.5) is 0 Å². The lowest BCUT2D eigenvalue weighted by atomic mass is 9.90. The molecular weight excluding hydrogens is 148 g/mol. The van der Waals surface area contributed by atoms with E-state index in [-0.39, 0.29) is 0 Å². The predicted octanol–water partition coefficient (Wildman–Crippen LogP) is 3.34. The maximum Gasteiger partial charge on any atom is 0.0490 e. The van der Waals surface area contributed by atoms with Crippen molar-refractivity contribution in [1.82, 2.24) is 0 Å². The van der Waals surface area contributed by atoms with E-state index in [1.165, 1.54) is 12.8 Å². The Bertz CT molecular complexity index is 87.2. The zero-order chi connectivity index (χ0) is 9.56. The van der Waals surface area contributed by atoms with E-state index in [9.17, 15) is 0 Å². The third-order valence-electron chi connectivity index (χ3n) is 2.01. The Morgan fingerprint density at radius 3 is 1.58 bits per heavy atom. The highest BCUT2D eigenvalue weighted by molar-refractivity contribution is 4.62. The first-order chi connectivity index (χ1) is 5.56. The lowest BCUT2D eigenvalue weighted by Gasteiger charge is -2.19. The van der Waals surface area contributed by atoms with Crippen molar-refractivity contribution >= 4 is 0 Å². The van der Waals surface area contributed by atoms with Crippen LogP contribution in [0.3, 0.4) is 0 Å². The molecule has 0 fully saturated rings. The average molecular weight is 172 g/mol. The van der Waals surface area contributed by atoms with Gasteiger partial charge in [-0.25, -0.2) is 0 Å². The Balaban J connectivity index is 3.69. The number of hydrogen-bond acceptors (Lipinski definition) is 1. The lowest BCUT2D eigenvalue weighted by Crippen LogP contribution is -2.13. The van der Waals surface area contributed by atoms with Gasteiger partial charge in [-0.1, -0.05) is 27.7 Å². The Hall–Kier alpha value is -0.0400. The molecule has 1 nitrogen and oxygen atoms in total. The molecule has 0 amide bonds. The minimum Gasteiger partial charge on any atom is -0.384 e. The van der Waals surface area contributed by atoms with Crippen LogP contribution >= 0.6 is 0 Å². The molecule has 0 radical (unpaired) electrons. The quantitative estimate of drug-likeness (QED) is 0.597. The molecule has 0 aromatic heterocycles. The van der Waals surface area contributed by atoms with Crippen molar-refractivity contribution in [3.63, 3.8) is 0 Å². The standard InChI is InChI=1S/C11H24O/c1-9(2)6-11(8-12-5)7-10(3)4/h9-11H,6-8H2,1-5H3. The van der Waals surface area contributed by atoms with E-state index in [4.69, 9.17) is 4.74 Å². The summed E-state index contributed by atoms with van der Waals surface area (Å²) in [4.78, 5) is 0. The summed E-state index contributed by atoms with van der Waals surface area (Å²) in [5, 5.41) is 0. The maximum atomic E-state index is 5.21. The van der Waals surface area contributed by atoms with Gasteiger partial charge in [0.2, 0.25) is 0 Å². The van der Waals surface area contributed by atoms with Gasteiger partial charge in [0.25, 0.3) is 0 Å². The molecule has 0 bridgehead atoms. The summed E-state index contributed by atoms with van der Waals surface area (Å²) in [7, 11) is 1.80. The molecule has 1 heteroatoms. The first-order valence-electron chi connectivity index (χ1n) is 5.05. The van der Waals surface area contributed by atoms with Crippen molar-refractivity contribution < 1.29 is 4.74 Å². The lowest BCUT2D eigenvalue weighted by molar-refractivity contribution is 0.128. The number of ether oxygens (including phenoxy) is 1. The summed E-state index contributed by atoms with van der Waals surface area (Å²) in [5.74, 6) is 2.35. The van der Waals surface area contributed by atoms with Gasteiger partial charge in [-0.15, -0.1) is 0 Å². The Kier molecular flexibility index (Phi) is 6.45. The fourth-order valence-electron chi connectivity index (χ4n) is 1.80. The molecule has 0 saturated carbocycles. The molecule has 0 spiro atoms. The van der Waals surface area contributed by atoms with Crippen LogP contribution in [0.25, 0.3) is 0 Å². The van der Waals surface area contributed by atoms with Crippen LogP contribution in [0, 0.1) is 17.8 Å². The third-order valence-corrected chi connectivity index (χ3v) is 2.01. The summed E-state index contributed by atoms with van der Waals surface area (Å²) in [5.41, 5.74) is 0. The van der Waals surface area contributed by atoms with Crippen molar-refractivity contribution in [1.29, 1.82) is 0 Å². The molecule has 12 heavy (non-hydrogen) atoms. The Morgan fingerprint density at radius 1 is 0.917 bits per heavy atom. The van der Waals surface area contributed by atoms with Crippen molar-refractivity contribution in [2.75, 3.05) is 13.7 Å². The van der Waals surface area contributed by atoms with Gasteiger partial charge in [-0.3, -0.25) is 0 Å². The smallest absolute Gasteiger partial charge is 0.0490 e. The van der Waals surface area contributed by atoms with Crippen molar-refractivity contribution in [3.8, 4) is 0 Å². The molecule has 0 aromatic carbocycles. The van der Waals surface area contributed by atoms with Crippen molar-refractivity contribution in [2.24, 2.45) is 17.8 Å². The summed E-state index contributed by atoms with van der Waals surface area (Å²) < 4.78 is 5.21. The minimum absolute atomic E-state index is 0.759. The van der Waals surface area contributed by atoms with Crippen LogP contribution in [0.2, 0.25) is 0 Å². The minimum atomic E-state index is 0.759. The van der Waals surface area contributed by atoms with Crippen LogP contribution in [0.15, 0.2) is 0 Å². The second kappa shape index (κ2) is 6.47. The molecule has 0 N–H and O–H groups in total. The number of rotatable bonds is 6. The van der Waals surface area contributed by atoms with Crippen LogP contribution in [-0.2, 0) is 4.74 Å². The first kappa shape index (κ1) is 12.0. The second-order valence-electron chi connectivity index (χ2n) is 4.58. The highest BCUT2D eigenvalue weighted by Gasteiger charge is 2.12. The highest BCUT2D eigenvalue weighted by atomic mass is 16.5. The van der Waals surface area contributed by atoms with Crippen LogP contribution in [-0.4, -0.2) is 13.7 Å². The van der Waals surface area contributed by atoms with Crippen molar-refractivity contribution in [3.05, 3.63) is 0 Å². The summed E-state index contributed by atoms with van der Waals surface area (Å²) in [6, 6.07) is 0. The van der Waals surface area contributed by atoms with Gasteiger partial charge in [0.05, 0.1) is 0 Å². The Morgan fingerprint density at radius 2 is 1.33 bits per heavy atom. The van der Waals surface area contributed by atoms with Crippen LogP contribution < -0.4 is 0 Å². The zero-order valence-electron chi connectivity index (χ0n) is 9.26. The van der Waals surface area contributed by atoms with Gasteiger partial charge in [-0.2, -0.15) is 0 Å². The van der Waals surface area contributed by atoms with Gasteiger partial charge in [0.1, 0.15) is 0 Å². The molecule has 74 valence electrons. The third kappa shape index (κ3) is 6.66. The van der Waals surface area contributed by atoms with E-state index in [1.807, 2.05) is 0 Å². The van der Waals surface area contributed by atoms with Gasteiger partial charge in [0.15, 0.2) is 0 Å². The van der Waals surface area contributed by atoms with E-state index >= 15 is 0 Å². The molecule has 0 saturated heterocycles. The topological polar surface area (TPSA) is 9.23 Å². The molecule has 0 aliphatic carbocycles. The summed E-state index contributed by atoms with van der Waals surface area (Å²) in [6.07, 6.45) is 2.60. The monoisotopic (exact) mass is 172 g/mol. The Labute approximate surface area is 77.5 Å². The molecule has 0 unspecified atom stereocenters. The zero-order valence-corrected chi connectivity index (χ0v) is 9.26. The summed E-state index contributed by atoms with van der Waals surface area (Å²) >= 11 is 0. The maximum absolute atomic E-state index is 5.21. The normalized spacial score (nSPS) is 12.0. The van der Waals surface area contributed by atoms with Crippen LogP contribution in [0.1, 0.15) is 40.5 Å². The predicted molar refractivity (Wildman–Crippen MR) is 54.3 cm³/mol. The van der Waals surface area contributed by atoms with E-state index in [2.05, 4.69) is 27.7 Å². The summed E-state index contributed by atoms with van der Waals surface area (Å²) in [6.45, 7) is 10.0. The van der Waals surface area contributed by atoms with E-state index in [1.54, 1.807) is 7.11 Å². The van der Waals surface area contributed by atoms with E-state index in [0.717, 1.165) is 24.4 Å². The first-order valence-corrected chi connectivity index (χ1v) is 5.05. The van der Waals surface area contributed by atoms with Gasteiger partial charge in [0, 0.05) is 13.7 Å². The fraction of sp³-hybridized carbons (Fsp3) is 1.00. The van der Waals surface area contributed by atoms with Gasteiger partial charge < -0.3 is 4.74 Å². The molecule has 0 heterocycles. The molecule has 0 aliphatic heterocycles. The SMILES string of the molecule is COCC(CC(C)C)CC(C)C. The molecule has 0 aromatic rings. The van der Waals surface area contributed by atoms with E-state index in [0.29, 0.717) is 0 Å². The van der Waals surface area contributed by atoms with Crippen molar-refractivity contribution in [2.45, 2.75) is 40.5 Å². The largest absolute Gasteiger partial charge is 0.384 e. The fourth-order valence-corrected chi connectivity index (χ4v) is 1.80. The molecule has 0 rings (SSSR count). The highest BCUT2D eigenvalue weighted by Crippen LogP contribution is 2.19. The van der Waals surface area contributed by atoms with Gasteiger partial charge >= 0.3 is 0 Å². The van der Waals surface area contributed by atoms with Gasteiger partial charge in [-0.05, 0) is 30.6 Å². The molecule has 0 atom stereocenters. The molecule has 0 aliphatic rings. The van der Waals surface area contributed by atoms with Crippen LogP contribution in [0.5, 0.6) is 0 Å². The molecular formula is C11H24O.